The van der Waals surface area contributed by atoms with Crippen molar-refractivity contribution in [2.75, 3.05) is 13.7 Å². The lowest BCUT2D eigenvalue weighted by Crippen LogP contribution is -2.35. The number of nitrogens with one attached hydrogen (secondary N) is 2. The molecule has 3 rings (SSSR count). The Balaban J connectivity index is 2.29. The fourth-order valence-electron chi connectivity index (χ4n) is 2.85. The molecule has 9 heteroatoms. The maximum Gasteiger partial charge on any atom is 0.340 e. The third kappa shape index (κ3) is 2.94. The van der Waals surface area contributed by atoms with Crippen molar-refractivity contribution in [1.82, 2.24) is 9.97 Å². The third-order valence-electron chi connectivity index (χ3n) is 3.92. The summed E-state index contributed by atoms with van der Waals surface area (Å²) in [5.74, 6) is -1.44. The van der Waals surface area contributed by atoms with Crippen molar-refractivity contribution in [1.29, 1.82) is 0 Å². The number of benzene rings is 1. The van der Waals surface area contributed by atoms with Crippen molar-refractivity contribution in [3.8, 4) is 11.6 Å². The van der Waals surface area contributed by atoms with E-state index in [1.165, 1.54) is 7.11 Å². The van der Waals surface area contributed by atoms with Crippen molar-refractivity contribution in [2.24, 2.45) is 5.73 Å². The number of nitrogens with two attached hydrogens (primary N) is 1. The number of methoxy groups -OCH3 is 1. The molecule has 1 aromatic carbocycles. The van der Waals surface area contributed by atoms with Crippen LogP contribution in [0, 0.1) is 0 Å². The van der Waals surface area contributed by atoms with Crippen molar-refractivity contribution >= 4 is 5.97 Å². The van der Waals surface area contributed by atoms with Gasteiger partial charge >= 0.3 is 11.7 Å². The minimum absolute atomic E-state index is 0.0230. The summed E-state index contributed by atoms with van der Waals surface area (Å²) in [5.41, 5.74) is 5.06. The number of hydrogen-bond acceptors (Lipinski definition) is 7. The maximum absolute atomic E-state index is 12.5. The number of ether oxygens (including phenoxy) is 3. The second kappa shape index (κ2) is 6.79. The molecule has 2 heterocycles. The van der Waals surface area contributed by atoms with Crippen molar-refractivity contribution in [3.05, 3.63) is 67.7 Å². The van der Waals surface area contributed by atoms with Crippen LogP contribution in [0.4, 0.5) is 0 Å². The lowest BCUT2D eigenvalue weighted by atomic mass is 9.84. The van der Waals surface area contributed by atoms with E-state index in [-0.39, 0.29) is 29.5 Å². The van der Waals surface area contributed by atoms with Crippen LogP contribution >= 0.6 is 0 Å². The predicted molar refractivity (Wildman–Crippen MR) is 91.0 cm³/mol. The first-order chi connectivity index (χ1) is 12.5. The Morgan fingerprint density at radius 3 is 2.77 bits per heavy atom. The highest BCUT2D eigenvalue weighted by atomic mass is 16.5. The number of fused-ring (bicyclic) bond motifs is 1. The zero-order valence-corrected chi connectivity index (χ0v) is 14.1. The molecule has 1 atom stereocenters. The van der Waals surface area contributed by atoms with E-state index in [0.717, 1.165) is 0 Å². The second-order valence-electron chi connectivity index (χ2n) is 5.46. The fraction of sp³-hybridized carbons (Fsp3) is 0.235. The van der Waals surface area contributed by atoms with Crippen LogP contribution in [0.15, 0.2) is 45.3 Å². The molecule has 0 saturated carbocycles. The van der Waals surface area contributed by atoms with Crippen LogP contribution < -0.4 is 26.5 Å². The van der Waals surface area contributed by atoms with Crippen molar-refractivity contribution < 1.29 is 19.0 Å². The SMILES string of the molecule is CCOC(=O)C1=C(N)Oc2[nH]c(=O)[nH]c(=O)c2[C@@H]1c1cccc(OC)c1. The average Bonchev–Trinajstić information content (AvgIpc) is 2.60. The van der Waals surface area contributed by atoms with Crippen LogP contribution in [0.3, 0.4) is 0 Å². The van der Waals surface area contributed by atoms with Gasteiger partial charge in [-0.3, -0.25) is 14.8 Å². The first-order valence-electron chi connectivity index (χ1n) is 7.81. The molecule has 0 bridgehead atoms. The van der Waals surface area contributed by atoms with E-state index in [0.29, 0.717) is 11.3 Å². The summed E-state index contributed by atoms with van der Waals surface area (Å²) in [7, 11) is 1.50. The van der Waals surface area contributed by atoms with E-state index in [1.807, 2.05) is 0 Å². The van der Waals surface area contributed by atoms with Gasteiger partial charge in [0.2, 0.25) is 11.8 Å². The summed E-state index contributed by atoms with van der Waals surface area (Å²) in [5, 5.41) is 0. The lowest BCUT2D eigenvalue weighted by molar-refractivity contribution is -0.139. The smallest absolute Gasteiger partial charge is 0.340 e. The first kappa shape index (κ1) is 17.3. The highest BCUT2D eigenvalue weighted by Gasteiger charge is 2.38. The van der Waals surface area contributed by atoms with Gasteiger partial charge in [0.1, 0.15) is 11.3 Å². The van der Waals surface area contributed by atoms with Crippen molar-refractivity contribution in [2.45, 2.75) is 12.8 Å². The summed E-state index contributed by atoms with van der Waals surface area (Å²) in [6, 6.07) is 6.80. The summed E-state index contributed by atoms with van der Waals surface area (Å²) in [6.45, 7) is 1.77. The second-order valence-corrected chi connectivity index (χ2v) is 5.46. The van der Waals surface area contributed by atoms with E-state index in [1.54, 1.807) is 31.2 Å². The maximum atomic E-state index is 12.5. The van der Waals surface area contributed by atoms with Crippen LogP contribution in [-0.4, -0.2) is 29.7 Å². The Labute approximate surface area is 147 Å². The van der Waals surface area contributed by atoms with Gasteiger partial charge in [-0.2, -0.15) is 0 Å². The Morgan fingerprint density at radius 2 is 2.08 bits per heavy atom. The number of aromatic nitrogens is 2. The van der Waals surface area contributed by atoms with Crippen LogP contribution in [0.5, 0.6) is 11.6 Å². The molecule has 0 fully saturated rings. The molecule has 2 aromatic rings. The van der Waals surface area contributed by atoms with Crippen LogP contribution in [-0.2, 0) is 9.53 Å². The Hall–Kier alpha value is -3.49. The molecule has 0 radical (unpaired) electrons. The third-order valence-corrected chi connectivity index (χ3v) is 3.92. The van der Waals surface area contributed by atoms with Gasteiger partial charge in [0.05, 0.1) is 25.2 Å². The molecule has 0 saturated heterocycles. The van der Waals surface area contributed by atoms with Gasteiger partial charge in [-0.05, 0) is 24.6 Å². The van der Waals surface area contributed by atoms with Crippen LogP contribution in [0.1, 0.15) is 24.0 Å². The minimum atomic E-state index is -0.895. The number of aromatic amines is 2. The molecule has 0 amide bonds. The number of carbonyl (C=O) groups excluding carboxylic acids is 1. The molecule has 0 aliphatic carbocycles. The topological polar surface area (TPSA) is 136 Å². The fourth-order valence-corrected chi connectivity index (χ4v) is 2.85. The first-order valence-corrected chi connectivity index (χ1v) is 7.81. The molecule has 0 unspecified atom stereocenters. The Morgan fingerprint density at radius 1 is 1.31 bits per heavy atom. The van der Waals surface area contributed by atoms with Gasteiger partial charge in [0.15, 0.2) is 0 Å². The molecule has 0 spiro atoms. The van der Waals surface area contributed by atoms with Crippen molar-refractivity contribution in [3.63, 3.8) is 0 Å². The van der Waals surface area contributed by atoms with Crippen LogP contribution in [0.25, 0.3) is 0 Å². The van der Waals surface area contributed by atoms with Crippen LogP contribution in [0.2, 0.25) is 0 Å². The molecule has 1 aliphatic heterocycles. The van der Waals surface area contributed by atoms with E-state index >= 15 is 0 Å². The lowest BCUT2D eigenvalue weighted by Gasteiger charge is -2.27. The molecule has 1 aromatic heterocycles. The standard InChI is InChI=1S/C17H17N3O6/c1-3-25-16(22)11-10(8-5-4-6-9(7-8)24-2)12-14(21)19-17(23)20-15(12)26-13(11)18/h4-7,10H,3,18H2,1-2H3,(H2,19,20,21,23)/t10-/m1/s1. The van der Waals surface area contributed by atoms with E-state index in [9.17, 15) is 14.4 Å². The quantitative estimate of drug-likeness (QED) is 0.669. The predicted octanol–water partition coefficient (Wildman–Crippen LogP) is 0.330. The van der Waals surface area contributed by atoms with Gasteiger partial charge < -0.3 is 19.9 Å². The van der Waals surface area contributed by atoms with E-state index in [2.05, 4.69) is 9.97 Å². The number of rotatable bonds is 4. The van der Waals surface area contributed by atoms with Gasteiger partial charge in [0.25, 0.3) is 5.56 Å². The molecule has 9 nitrogen and oxygen atoms in total. The average molecular weight is 359 g/mol. The normalized spacial score (nSPS) is 15.8. The number of esters is 1. The summed E-state index contributed by atoms with van der Waals surface area (Å²) in [4.78, 5) is 41.0. The Kier molecular flexibility index (Phi) is 4.53. The largest absolute Gasteiger partial charge is 0.497 e. The number of H-pyrrole nitrogens is 2. The number of hydrogen-bond donors (Lipinski definition) is 3. The molecule has 26 heavy (non-hydrogen) atoms. The molecular weight excluding hydrogens is 342 g/mol. The van der Waals surface area contributed by atoms with Gasteiger partial charge in [-0.25, -0.2) is 9.59 Å². The van der Waals surface area contributed by atoms with Gasteiger partial charge in [-0.1, -0.05) is 12.1 Å². The summed E-state index contributed by atoms with van der Waals surface area (Å²) >= 11 is 0. The minimum Gasteiger partial charge on any atom is -0.497 e. The van der Waals surface area contributed by atoms with E-state index < -0.39 is 23.1 Å². The summed E-state index contributed by atoms with van der Waals surface area (Å²) < 4.78 is 15.6. The summed E-state index contributed by atoms with van der Waals surface area (Å²) in [6.07, 6.45) is 0. The van der Waals surface area contributed by atoms with E-state index in [4.69, 9.17) is 19.9 Å². The molecule has 4 N–H and O–H groups in total. The number of carbonyl (C=O) groups is 1. The zero-order valence-electron chi connectivity index (χ0n) is 14.1. The van der Waals surface area contributed by atoms with Gasteiger partial charge in [-0.15, -0.1) is 0 Å². The monoisotopic (exact) mass is 359 g/mol. The van der Waals surface area contributed by atoms with Gasteiger partial charge in [0, 0.05) is 0 Å². The highest BCUT2D eigenvalue weighted by Crippen LogP contribution is 2.40. The Bertz CT molecular complexity index is 1000. The molecule has 136 valence electrons. The highest BCUT2D eigenvalue weighted by molar-refractivity contribution is 5.92. The molecule has 1 aliphatic rings. The zero-order chi connectivity index (χ0) is 18.8. The molecular formula is C17H17N3O6.